The van der Waals surface area contributed by atoms with Gasteiger partial charge in [-0.3, -0.25) is 15.6 Å². The van der Waals surface area contributed by atoms with E-state index in [0.29, 0.717) is 15.9 Å². The average molecular weight is 288 g/mol. The summed E-state index contributed by atoms with van der Waals surface area (Å²) in [5, 5.41) is 3.53. The molecule has 0 radical (unpaired) electrons. The average Bonchev–Trinajstić information content (AvgIpc) is 2.35. The molecule has 0 spiro atoms. The van der Waals surface area contributed by atoms with Gasteiger partial charge >= 0.3 is 0 Å². The van der Waals surface area contributed by atoms with Crippen molar-refractivity contribution in [1.29, 1.82) is 0 Å². The van der Waals surface area contributed by atoms with Crippen molar-refractivity contribution >= 4 is 34.8 Å². The maximum atomic E-state index is 11.6. The molecule has 0 aliphatic rings. The van der Waals surface area contributed by atoms with E-state index in [1.54, 1.807) is 38.2 Å². The Hall–Kier alpha value is -1.53. The van der Waals surface area contributed by atoms with Crippen molar-refractivity contribution in [2.45, 2.75) is 13.0 Å². The first kappa shape index (κ1) is 14.5. The zero-order valence-corrected chi connectivity index (χ0v) is 11.6. The number of rotatable bonds is 3. The van der Waals surface area contributed by atoms with E-state index in [4.69, 9.17) is 28.6 Å². The molecular formula is C11H14ClN3O2S. The molecule has 0 heterocycles. The zero-order valence-electron chi connectivity index (χ0n) is 9.99. The van der Waals surface area contributed by atoms with Gasteiger partial charge in [0.05, 0.1) is 0 Å². The third-order valence-corrected chi connectivity index (χ3v) is 2.55. The maximum Gasteiger partial charge on any atom is 0.279 e. The first-order valence-corrected chi connectivity index (χ1v) is 6.01. The van der Waals surface area contributed by atoms with E-state index in [9.17, 15) is 4.79 Å². The van der Waals surface area contributed by atoms with Gasteiger partial charge in [-0.05, 0) is 37.3 Å². The summed E-state index contributed by atoms with van der Waals surface area (Å²) in [4.78, 5) is 11.6. The molecule has 7 heteroatoms. The lowest BCUT2D eigenvalue weighted by Crippen LogP contribution is -2.49. The summed E-state index contributed by atoms with van der Waals surface area (Å²) in [6.45, 7) is 1.63. The number of ether oxygens (including phenoxy) is 1. The van der Waals surface area contributed by atoms with E-state index in [2.05, 4.69) is 16.2 Å². The van der Waals surface area contributed by atoms with E-state index in [1.165, 1.54) is 0 Å². The largest absolute Gasteiger partial charge is 0.481 e. The van der Waals surface area contributed by atoms with E-state index >= 15 is 0 Å². The van der Waals surface area contributed by atoms with Gasteiger partial charge in [-0.2, -0.15) is 0 Å². The predicted octanol–water partition coefficient (Wildman–Crippen LogP) is 1.23. The zero-order chi connectivity index (χ0) is 13.5. The fourth-order valence-corrected chi connectivity index (χ4v) is 1.31. The molecule has 1 aromatic rings. The number of hydrogen-bond acceptors (Lipinski definition) is 3. The van der Waals surface area contributed by atoms with Crippen LogP contribution in [0.2, 0.25) is 5.02 Å². The number of halogens is 1. The van der Waals surface area contributed by atoms with Crippen LogP contribution in [0.25, 0.3) is 0 Å². The smallest absolute Gasteiger partial charge is 0.279 e. The lowest BCUT2D eigenvalue weighted by Gasteiger charge is -2.15. The van der Waals surface area contributed by atoms with Gasteiger partial charge < -0.3 is 10.1 Å². The highest BCUT2D eigenvalue weighted by Gasteiger charge is 2.14. The molecule has 1 rings (SSSR count). The van der Waals surface area contributed by atoms with Crippen LogP contribution in [0.4, 0.5) is 0 Å². The molecule has 5 nitrogen and oxygen atoms in total. The summed E-state index contributed by atoms with van der Waals surface area (Å²) >= 11 is 10.6. The van der Waals surface area contributed by atoms with Gasteiger partial charge in [0.15, 0.2) is 11.2 Å². The number of carbonyl (C=O) groups excluding carboxylic acids is 1. The van der Waals surface area contributed by atoms with Gasteiger partial charge in [-0.25, -0.2) is 0 Å². The molecule has 0 bridgehead atoms. The van der Waals surface area contributed by atoms with Gasteiger partial charge in [0.1, 0.15) is 5.75 Å². The Kier molecular flexibility index (Phi) is 5.67. The third kappa shape index (κ3) is 4.77. The summed E-state index contributed by atoms with van der Waals surface area (Å²) in [7, 11) is 1.65. The van der Waals surface area contributed by atoms with E-state index in [1.807, 2.05) is 0 Å². The first-order chi connectivity index (χ1) is 8.52. The molecule has 1 aromatic carbocycles. The molecule has 0 aliphatic carbocycles. The summed E-state index contributed by atoms with van der Waals surface area (Å²) < 4.78 is 5.42. The van der Waals surface area contributed by atoms with Crippen molar-refractivity contribution in [2.75, 3.05) is 7.05 Å². The Morgan fingerprint density at radius 2 is 2.17 bits per heavy atom. The van der Waals surface area contributed by atoms with Crippen molar-refractivity contribution in [1.82, 2.24) is 16.2 Å². The minimum atomic E-state index is -0.671. The van der Waals surface area contributed by atoms with E-state index in [0.717, 1.165) is 0 Å². The summed E-state index contributed by atoms with van der Waals surface area (Å²) in [5.41, 5.74) is 4.94. The minimum absolute atomic E-state index is 0.318. The van der Waals surface area contributed by atoms with Crippen LogP contribution in [0.1, 0.15) is 6.92 Å². The number of benzene rings is 1. The van der Waals surface area contributed by atoms with Gasteiger partial charge in [-0.15, -0.1) is 0 Å². The number of carbonyl (C=O) groups is 1. The SMILES string of the molecule is CNC(=S)NNC(=O)[C@@H](C)Oc1cccc(Cl)c1. The molecule has 3 N–H and O–H groups in total. The molecule has 98 valence electrons. The van der Waals surface area contributed by atoms with Crippen molar-refractivity contribution < 1.29 is 9.53 Å². The fourth-order valence-electron chi connectivity index (χ4n) is 1.08. The predicted molar refractivity (Wildman–Crippen MR) is 74.5 cm³/mol. The number of hydrogen-bond donors (Lipinski definition) is 3. The second-order valence-electron chi connectivity index (χ2n) is 3.41. The molecule has 1 atom stereocenters. The second-order valence-corrected chi connectivity index (χ2v) is 4.26. The summed E-state index contributed by atoms with van der Waals surface area (Å²) in [6.07, 6.45) is -0.671. The summed E-state index contributed by atoms with van der Waals surface area (Å²) in [6, 6.07) is 6.83. The molecule has 0 fully saturated rings. The lowest BCUT2D eigenvalue weighted by molar-refractivity contribution is -0.127. The van der Waals surface area contributed by atoms with E-state index < -0.39 is 6.10 Å². The van der Waals surface area contributed by atoms with E-state index in [-0.39, 0.29) is 5.91 Å². The quantitative estimate of drug-likeness (QED) is 0.577. The molecular weight excluding hydrogens is 274 g/mol. The normalized spacial score (nSPS) is 11.3. The highest BCUT2D eigenvalue weighted by Crippen LogP contribution is 2.18. The Morgan fingerprint density at radius 3 is 2.78 bits per heavy atom. The fraction of sp³-hybridized carbons (Fsp3) is 0.273. The van der Waals surface area contributed by atoms with Crippen molar-refractivity contribution in [3.63, 3.8) is 0 Å². The van der Waals surface area contributed by atoms with Crippen LogP contribution in [0.5, 0.6) is 5.75 Å². The van der Waals surface area contributed by atoms with Crippen LogP contribution in [0, 0.1) is 0 Å². The van der Waals surface area contributed by atoms with Gasteiger partial charge in [0.25, 0.3) is 5.91 Å². The highest BCUT2D eigenvalue weighted by atomic mass is 35.5. The molecule has 0 aromatic heterocycles. The topological polar surface area (TPSA) is 62.4 Å². The number of amides is 1. The van der Waals surface area contributed by atoms with Crippen LogP contribution in [-0.2, 0) is 4.79 Å². The van der Waals surface area contributed by atoms with Crippen molar-refractivity contribution in [2.24, 2.45) is 0 Å². The Balaban J connectivity index is 2.47. The molecule has 0 saturated heterocycles. The number of hydrazine groups is 1. The lowest BCUT2D eigenvalue weighted by atomic mass is 10.3. The maximum absolute atomic E-state index is 11.6. The molecule has 1 amide bonds. The minimum Gasteiger partial charge on any atom is -0.481 e. The van der Waals surface area contributed by atoms with Crippen LogP contribution in [0.15, 0.2) is 24.3 Å². The van der Waals surface area contributed by atoms with Crippen molar-refractivity contribution in [3.05, 3.63) is 29.3 Å². The Morgan fingerprint density at radius 1 is 1.44 bits per heavy atom. The monoisotopic (exact) mass is 287 g/mol. The molecule has 18 heavy (non-hydrogen) atoms. The standard InChI is InChI=1S/C11H14ClN3O2S/c1-7(10(16)14-15-11(18)13-2)17-9-5-3-4-8(12)6-9/h3-7H,1-2H3,(H,14,16)(H2,13,15,18)/t7-/m1/s1. The molecule has 0 unspecified atom stereocenters. The first-order valence-electron chi connectivity index (χ1n) is 5.22. The van der Waals surface area contributed by atoms with Gasteiger partial charge in [0.2, 0.25) is 0 Å². The third-order valence-electron chi connectivity index (χ3n) is 2.00. The van der Waals surface area contributed by atoms with Crippen molar-refractivity contribution in [3.8, 4) is 5.75 Å². The Bertz CT molecular complexity index is 442. The van der Waals surface area contributed by atoms with Crippen LogP contribution >= 0.6 is 23.8 Å². The molecule has 0 aliphatic heterocycles. The van der Waals surface area contributed by atoms with Crippen LogP contribution in [-0.4, -0.2) is 24.2 Å². The number of nitrogens with one attached hydrogen (secondary N) is 3. The van der Waals surface area contributed by atoms with Gasteiger partial charge in [-0.1, -0.05) is 17.7 Å². The van der Waals surface area contributed by atoms with Crippen LogP contribution < -0.4 is 20.9 Å². The highest BCUT2D eigenvalue weighted by molar-refractivity contribution is 7.80. The van der Waals surface area contributed by atoms with Crippen LogP contribution in [0.3, 0.4) is 0 Å². The Labute approximate surface area is 116 Å². The number of thiocarbonyl (C=S) groups is 1. The summed E-state index contributed by atoms with van der Waals surface area (Å²) in [5.74, 6) is 0.189. The van der Waals surface area contributed by atoms with Gasteiger partial charge in [0, 0.05) is 12.1 Å². The molecule has 0 saturated carbocycles. The second kappa shape index (κ2) is 7.03.